The van der Waals surface area contributed by atoms with E-state index < -0.39 is 10.1 Å². The zero-order valence-electron chi connectivity index (χ0n) is 11.7. The van der Waals surface area contributed by atoms with Crippen LogP contribution in [0.2, 0.25) is 0 Å². The molecule has 2 aliphatic carbocycles. The summed E-state index contributed by atoms with van der Waals surface area (Å²) >= 11 is 0. The van der Waals surface area contributed by atoms with Crippen molar-refractivity contribution in [3.8, 4) is 0 Å². The van der Waals surface area contributed by atoms with Crippen molar-refractivity contribution >= 4 is 10.1 Å². The first kappa shape index (κ1) is 14.1. The smallest absolute Gasteiger partial charge is 0.263 e. The number of fused-ring (bicyclic) bond motifs is 1. The molecule has 1 aromatic rings. The molecule has 0 amide bonds. The van der Waals surface area contributed by atoms with Crippen LogP contribution in [0.5, 0.6) is 0 Å². The van der Waals surface area contributed by atoms with Gasteiger partial charge in [-0.3, -0.25) is 4.18 Å². The van der Waals surface area contributed by atoms with Gasteiger partial charge in [-0.1, -0.05) is 43.9 Å². The molecule has 0 aliphatic heterocycles. The van der Waals surface area contributed by atoms with Gasteiger partial charge in [0.05, 0.1) is 11.0 Å². The van der Waals surface area contributed by atoms with Crippen molar-refractivity contribution < 1.29 is 12.6 Å². The Morgan fingerprint density at radius 3 is 2.35 bits per heavy atom. The fourth-order valence-corrected chi connectivity index (χ4v) is 4.87. The lowest BCUT2D eigenvalue weighted by Crippen LogP contribution is -2.33. The van der Waals surface area contributed by atoms with Crippen LogP contribution in [0.15, 0.2) is 35.2 Å². The summed E-state index contributed by atoms with van der Waals surface area (Å²) < 4.78 is 30.0. The second-order valence-electron chi connectivity index (χ2n) is 6.10. The monoisotopic (exact) mass is 294 g/mol. The van der Waals surface area contributed by atoms with E-state index in [0.717, 1.165) is 25.2 Å². The summed E-state index contributed by atoms with van der Waals surface area (Å²) in [6.07, 6.45) is 8.00. The predicted molar refractivity (Wildman–Crippen MR) is 77.8 cm³/mol. The van der Waals surface area contributed by atoms with Gasteiger partial charge in [-0.05, 0) is 43.2 Å². The average molecular weight is 294 g/mol. The molecule has 2 fully saturated rings. The van der Waals surface area contributed by atoms with Gasteiger partial charge >= 0.3 is 0 Å². The minimum Gasteiger partial charge on any atom is -0.263 e. The largest absolute Gasteiger partial charge is 0.297 e. The standard InChI is InChI=1S/C16H22O3S/c17-20(18,16-8-2-1-3-9-16)19-15-11-10-13-6-4-5-7-14(13)12-15/h1-3,8-9,13-15H,4-7,10-12H2. The number of rotatable bonds is 3. The van der Waals surface area contributed by atoms with Gasteiger partial charge in [0.1, 0.15) is 0 Å². The van der Waals surface area contributed by atoms with Crippen molar-refractivity contribution in [3.05, 3.63) is 30.3 Å². The van der Waals surface area contributed by atoms with Crippen LogP contribution in [0.4, 0.5) is 0 Å². The Kier molecular flexibility index (Phi) is 4.13. The van der Waals surface area contributed by atoms with Crippen molar-refractivity contribution in [2.75, 3.05) is 0 Å². The van der Waals surface area contributed by atoms with Crippen LogP contribution in [-0.4, -0.2) is 14.5 Å². The topological polar surface area (TPSA) is 43.4 Å². The van der Waals surface area contributed by atoms with Gasteiger partial charge in [-0.2, -0.15) is 8.42 Å². The van der Waals surface area contributed by atoms with E-state index in [9.17, 15) is 8.42 Å². The van der Waals surface area contributed by atoms with Crippen molar-refractivity contribution in [2.24, 2.45) is 11.8 Å². The minimum absolute atomic E-state index is 0.125. The lowest BCUT2D eigenvalue weighted by Gasteiger charge is -2.38. The molecule has 2 aliphatic rings. The van der Waals surface area contributed by atoms with Crippen LogP contribution in [0.25, 0.3) is 0 Å². The maximum Gasteiger partial charge on any atom is 0.297 e. The third-order valence-corrected chi connectivity index (χ3v) is 6.16. The van der Waals surface area contributed by atoms with Crippen LogP contribution in [0.1, 0.15) is 44.9 Å². The van der Waals surface area contributed by atoms with Crippen LogP contribution in [-0.2, 0) is 14.3 Å². The summed E-state index contributed by atoms with van der Waals surface area (Å²) in [5.41, 5.74) is 0. The van der Waals surface area contributed by atoms with Crippen LogP contribution in [0.3, 0.4) is 0 Å². The highest BCUT2D eigenvalue weighted by atomic mass is 32.2. The van der Waals surface area contributed by atoms with E-state index in [2.05, 4.69) is 0 Å². The highest BCUT2D eigenvalue weighted by Gasteiger charge is 2.34. The normalized spacial score (nSPS) is 30.7. The molecule has 3 atom stereocenters. The van der Waals surface area contributed by atoms with E-state index >= 15 is 0 Å². The third-order valence-electron chi connectivity index (χ3n) is 4.79. The Labute approximate surface area is 121 Å². The van der Waals surface area contributed by atoms with Crippen molar-refractivity contribution in [1.29, 1.82) is 0 Å². The van der Waals surface area contributed by atoms with E-state index in [0.29, 0.717) is 5.92 Å². The van der Waals surface area contributed by atoms with E-state index in [1.54, 1.807) is 24.3 Å². The SMILES string of the molecule is O=S(=O)(OC1CCC2CCCCC2C1)c1ccccc1. The van der Waals surface area contributed by atoms with Gasteiger partial charge < -0.3 is 0 Å². The van der Waals surface area contributed by atoms with Gasteiger partial charge in [0.25, 0.3) is 10.1 Å². The van der Waals surface area contributed by atoms with Gasteiger partial charge in [0, 0.05) is 0 Å². The summed E-state index contributed by atoms with van der Waals surface area (Å²) in [5, 5.41) is 0. The molecule has 1 aromatic carbocycles. The molecule has 3 unspecified atom stereocenters. The second kappa shape index (κ2) is 5.86. The zero-order valence-corrected chi connectivity index (χ0v) is 12.5. The zero-order chi connectivity index (χ0) is 14.0. The van der Waals surface area contributed by atoms with E-state index in [4.69, 9.17) is 4.18 Å². The lowest BCUT2D eigenvalue weighted by atomic mass is 9.70. The number of hydrogen-bond acceptors (Lipinski definition) is 3. The number of hydrogen-bond donors (Lipinski definition) is 0. The Morgan fingerprint density at radius 1 is 0.900 bits per heavy atom. The van der Waals surface area contributed by atoms with E-state index in [1.165, 1.54) is 25.7 Å². The van der Waals surface area contributed by atoms with Gasteiger partial charge in [-0.15, -0.1) is 0 Å². The van der Waals surface area contributed by atoms with Crippen molar-refractivity contribution in [3.63, 3.8) is 0 Å². The molecule has 0 bridgehead atoms. The maximum atomic E-state index is 12.2. The molecule has 0 heterocycles. The summed E-state index contributed by atoms with van der Waals surface area (Å²) in [4.78, 5) is 0.269. The first-order chi connectivity index (χ1) is 9.65. The molecular formula is C16H22O3S. The molecule has 0 spiro atoms. The van der Waals surface area contributed by atoms with Gasteiger partial charge in [-0.25, -0.2) is 0 Å². The van der Waals surface area contributed by atoms with Crippen LogP contribution >= 0.6 is 0 Å². The molecule has 110 valence electrons. The van der Waals surface area contributed by atoms with E-state index in [-0.39, 0.29) is 11.0 Å². The Balaban J connectivity index is 1.66. The molecule has 20 heavy (non-hydrogen) atoms. The maximum absolute atomic E-state index is 12.2. The average Bonchev–Trinajstić information content (AvgIpc) is 2.48. The van der Waals surface area contributed by atoms with Crippen LogP contribution < -0.4 is 0 Å². The lowest BCUT2D eigenvalue weighted by molar-refractivity contribution is 0.0688. The first-order valence-corrected chi connectivity index (χ1v) is 9.04. The van der Waals surface area contributed by atoms with Crippen LogP contribution in [0, 0.1) is 11.8 Å². The third kappa shape index (κ3) is 3.07. The van der Waals surface area contributed by atoms with E-state index in [1.807, 2.05) is 6.07 Å². The second-order valence-corrected chi connectivity index (χ2v) is 7.68. The molecule has 2 saturated carbocycles. The molecule has 0 saturated heterocycles. The Hall–Kier alpha value is -0.870. The first-order valence-electron chi connectivity index (χ1n) is 7.63. The quantitative estimate of drug-likeness (QED) is 0.797. The Bertz CT molecular complexity index is 538. The molecule has 0 aromatic heterocycles. The summed E-state index contributed by atoms with van der Waals surface area (Å²) in [6.45, 7) is 0. The molecular weight excluding hydrogens is 272 g/mol. The summed E-state index contributed by atoms with van der Waals surface area (Å²) in [5.74, 6) is 1.48. The minimum atomic E-state index is -3.60. The van der Waals surface area contributed by atoms with Gasteiger partial charge in [0.15, 0.2) is 0 Å². The molecule has 0 radical (unpaired) electrons. The molecule has 3 nitrogen and oxygen atoms in total. The molecule has 0 N–H and O–H groups in total. The fraction of sp³-hybridized carbons (Fsp3) is 0.625. The van der Waals surface area contributed by atoms with Crippen molar-refractivity contribution in [1.82, 2.24) is 0 Å². The predicted octanol–water partition coefficient (Wildman–Crippen LogP) is 3.75. The number of benzene rings is 1. The highest BCUT2D eigenvalue weighted by Crippen LogP contribution is 2.41. The Morgan fingerprint density at radius 2 is 1.60 bits per heavy atom. The summed E-state index contributed by atoms with van der Waals surface area (Å²) in [6, 6.07) is 8.47. The highest BCUT2D eigenvalue weighted by molar-refractivity contribution is 7.86. The fourth-order valence-electron chi connectivity index (χ4n) is 3.74. The summed E-state index contributed by atoms with van der Waals surface area (Å²) in [7, 11) is -3.60. The molecule has 4 heteroatoms. The molecule has 3 rings (SSSR count). The van der Waals surface area contributed by atoms with Gasteiger partial charge in [0.2, 0.25) is 0 Å². The van der Waals surface area contributed by atoms with Crippen molar-refractivity contribution in [2.45, 2.75) is 55.9 Å².